The van der Waals surface area contributed by atoms with E-state index in [1.165, 1.54) is 36.4 Å². The molecular weight excluding hydrogens is 354 g/mol. The van der Waals surface area contributed by atoms with E-state index in [2.05, 4.69) is 17.4 Å². The van der Waals surface area contributed by atoms with Crippen LogP contribution in [0, 0.1) is 0 Å². The van der Waals surface area contributed by atoms with Crippen molar-refractivity contribution in [2.45, 2.75) is 25.9 Å². The smallest absolute Gasteiger partial charge is 0.279 e. The molecule has 1 aromatic heterocycles. The molecule has 0 aliphatic carbocycles. The van der Waals surface area contributed by atoms with Crippen molar-refractivity contribution in [3.8, 4) is 0 Å². The largest absolute Gasteiger partial charge is 0.331 e. The molecule has 6 heteroatoms. The molecule has 134 valence electrons. The lowest BCUT2D eigenvalue weighted by Crippen LogP contribution is -3.08. The average Bonchev–Trinajstić information content (AvgIpc) is 3.21. The number of anilines is 1. The topological polar surface area (TPSA) is 38.0 Å². The molecule has 0 radical (unpaired) electrons. The Kier molecular flexibility index (Phi) is 6.48. The molecule has 1 amide bonds. The third-order valence-electron chi connectivity index (χ3n) is 4.57. The van der Waals surface area contributed by atoms with Gasteiger partial charge in [0.15, 0.2) is 6.54 Å². The van der Waals surface area contributed by atoms with Gasteiger partial charge in [-0.1, -0.05) is 23.7 Å². The first-order chi connectivity index (χ1) is 12.1. The number of quaternary nitrogens is 2. The number of hydrogen-bond donors (Lipinski definition) is 3. The zero-order valence-corrected chi connectivity index (χ0v) is 16.2. The van der Waals surface area contributed by atoms with Crippen LogP contribution >= 0.6 is 22.9 Å². The summed E-state index contributed by atoms with van der Waals surface area (Å²) in [7, 11) is 2.02. The first kappa shape index (κ1) is 18.4. The van der Waals surface area contributed by atoms with Crippen LogP contribution in [0.2, 0.25) is 4.34 Å². The molecule has 2 heterocycles. The summed E-state index contributed by atoms with van der Waals surface area (Å²) in [5.41, 5.74) is 2.21. The van der Waals surface area contributed by atoms with Crippen LogP contribution < -0.4 is 15.1 Å². The first-order valence-electron chi connectivity index (χ1n) is 8.86. The van der Waals surface area contributed by atoms with Crippen molar-refractivity contribution in [3.63, 3.8) is 0 Å². The van der Waals surface area contributed by atoms with Gasteiger partial charge in [-0.3, -0.25) is 4.79 Å². The summed E-state index contributed by atoms with van der Waals surface area (Å²) in [6.45, 7) is 4.90. The Morgan fingerprint density at radius 3 is 2.56 bits per heavy atom. The predicted molar refractivity (Wildman–Crippen MR) is 103 cm³/mol. The average molecular weight is 380 g/mol. The number of thiophene rings is 1. The van der Waals surface area contributed by atoms with E-state index in [-0.39, 0.29) is 5.91 Å². The van der Waals surface area contributed by atoms with Crippen molar-refractivity contribution < 1.29 is 14.6 Å². The Bertz CT molecular complexity index is 695. The highest BCUT2D eigenvalue weighted by molar-refractivity contribution is 7.16. The Morgan fingerprint density at radius 2 is 1.92 bits per heavy atom. The van der Waals surface area contributed by atoms with E-state index in [1.807, 2.05) is 31.3 Å². The minimum atomic E-state index is 0.0399. The minimum absolute atomic E-state index is 0.0399. The molecule has 0 bridgehead atoms. The molecule has 2 aromatic rings. The van der Waals surface area contributed by atoms with Crippen LogP contribution in [0.25, 0.3) is 0 Å². The predicted octanol–water partition coefficient (Wildman–Crippen LogP) is 1.23. The van der Waals surface area contributed by atoms with Crippen LogP contribution in [0.3, 0.4) is 0 Å². The van der Waals surface area contributed by atoms with Gasteiger partial charge in [-0.05, 0) is 24.3 Å². The van der Waals surface area contributed by atoms with Crippen LogP contribution in [-0.4, -0.2) is 32.6 Å². The van der Waals surface area contributed by atoms with Crippen molar-refractivity contribution in [2.75, 3.05) is 32.0 Å². The SMILES string of the molecule is C[NH+](CC(=O)Nc1ccc(C[NH+]2CCCC2)cc1)Cc1ccc(Cl)s1. The zero-order chi connectivity index (χ0) is 17.6. The maximum absolute atomic E-state index is 12.2. The Morgan fingerprint density at radius 1 is 1.20 bits per heavy atom. The number of nitrogens with one attached hydrogen (secondary N) is 3. The molecule has 25 heavy (non-hydrogen) atoms. The quantitative estimate of drug-likeness (QED) is 0.665. The van der Waals surface area contributed by atoms with E-state index in [9.17, 15) is 4.79 Å². The van der Waals surface area contributed by atoms with Crippen LogP contribution in [0.5, 0.6) is 0 Å². The second kappa shape index (κ2) is 8.81. The van der Waals surface area contributed by atoms with E-state index in [4.69, 9.17) is 11.6 Å². The maximum Gasteiger partial charge on any atom is 0.279 e. The fourth-order valence-electron chi connectivity index (χ4n) is 3.33. The van der Waals surface area contributed by atoms with Crippen molar-refractivity contribution in [1.29, 1.82) is 0 Å². The molecule has 3 rings (SSSR count). The summed E-state index contributed by atoms with van der Waals surface area (Å²) in [6, 6.07) is 12.2. The lowest BCUT2D eigenvalue weighted by Gasteiger charge is -2.14. The van der Waals surface area contributed by atoms with Gasteiger partial charge in [0.2, 0.25) is 0 Å². The van der Waals surface area contributed by atoms with Crippen LogP contribution in [0.4, 0.5) is 5.69 Å². The van der Waals surface area contributed by atoms with Gasteiger partial charge in [0.1, 0.15) is 13.1 Å². The number of rotatable bonds is 7. The zero-order valence-electron chi connectivity index (χ0n) is 14.6. The number of carbonyl (C=O) groups excluding carboxylic acids is 1. The van der Waals surface area contributed by atoms with E-state index < -0.39 is 0 Å². The number of likely N-dealkylation sites (N-methyl/N-ethyl adjacent to an activating group) is 1. The summed E-state index contributed by atoms with van der Waals surface area (Å²) in [4.78, 5) is 16.2. The monoisotopic (exact) mass is 379 g/mol. The Hall–Kier alpha value is -1.40. The van der Waals surface area contributed by atoms with Gasteiger partial charge in [0.25, 0.3) is 5.91 Å². The standard InChI is InChI=1S/C19H24ClN3OS/c1-22(13-17-8-9-18(20)25-17)14-19(24)21-16-6-4-15(5-7-16)12-23-10-2-3-11-23/h4-9H,2-3,10-14H2,1H3,(H,21,24)/p+2. The maximum atomic E-state index is 12.2. The number of likely N-dealkylation sites (tertiary alicyclic amines) is 1. The van der Waals surface area contributed by atoms with Crippen molar-refractivity contribution in [2.24, 2.45) is 0 Å². The summed E-state index contributed by atoms with van der Waals surface area (Å²) in [5.74, 6) is 0.0399. The van der Waals surface area contributed by atoms with Gasteiger partial charge >= 0.3 is 0 Å². The third-order valence-corrected chi connectivity index (χ3v) is 5.80. The molecule has 0 saturated carbocycles. The molecule has 1 fully saturated rings. The molecule has 4 nitrogen and oxygen atoms in total. The van der Waals surface area contributed by atoms with Crippen molar-refractivity contribution >= 4 is 34.5 Å². The lowest BCUT2D eigenvalue weighted by molar-refractivity contribution is -0.901. The molecule has 1 aliphatic rings. The second-order valence-corrected chi connectivity index (χ2v) is 8.70. The van der Waals surface area contributed by atoms with Gasteiger partial charge in [-0.15, -0.1) is 11.3 Å². The van der Waals surface area contributed by atoms with Gasteiger partial charge in [-0.2, -0.15) is 0 Å². The first-order valence-corrected chi connectivity index (χ1v) is 10.1. The molecule has 1 unspecified atom stereocenters. The number of benzene rings is 1. The summed E-state index contributed by atoms with van der Waals surface area (Å²) in [5, 5.41) is 3.00. The minimum Gasteiger partial charge on any atom is -0.331 e. The summed E-state index contributed by atoms with van der Waals surface area (Å²) < 4.78 is 0.795. The van der Waals surface area contributed by atoms with Gasteiger partial charge in [0.05, 0.1) is 29.4 Å². The molecule has 1 aliphatic heterocycles. The van der Waals surface area contributed by atoms with E-state index in [0.717, 1.165) is 28.0 Å². The number of carbonyl (C=O) groups is 1. The highest BCUT2D eigenvalue weighted by Crippen LogP contribution is 2.20. The van der Waals surface area contributed by atoms with E-state index >= 15 is 0 Å². The highest BCUT2D eigenvalue weighted by Gasteiger charge is 2.16. The molecular formula is C19H26ClN3OS+2. The molecule has 1 saturated heterocycles. The summed E-state index contributed by atoms with van der Waals surface area (Å²) in [6.07, 6.45) is 2.69. The van der Waals surface area contributed by atoms with Crippen molar-refractivity contribution in [1.82, 2.24) is 0 Å². The number of amides is 1. The van der Waals surface area contributed by atoms with Crippen LogP contribution in [0.15, 0.2) is 36.4 Å². The van der Waals surface area contributed by atoms with Gasteiger partial charge in [-0.25, -0.2) is 0 Å². The molecule has 1 aromatic carbocycles. The Labute approximate surface area is 158 Å². The number of halogens is 1. The second-order valence-electron chi connectivity index (χ2n) is 6.90. The Balaban J connectivity index is 1.45. The molecule has 3 N–H and O–H groups in total. The number of hydrogen-bond acceptors (Lipinski definition) is 2. The summed E-state index contributed by atoms with van der Waals surface area (Å²) >= 11 is 7.52. The molecule has 0 spiro atoms. The third kappa shape index (κ3) is 5.82. The van der Waals surface area contributed by atoms with E-state index in [1.54, 1.807) is 16.2 Å². The highest BCUT2D eigenvalue weighted by atomic mass is 35.5. The van der Waals surface area contributed by atoms with Gasteiger partial charge in [0, 0.05) is 24.1 Å². The fourth-order valence-corrected chi connectivity index (χ4v) is 4.53. The van der Waals surface area contributed by atoms with Crippen molar-refractivity contribution in [3.05, 3.63) is 51.2 Å². The van der Waals surface area contributed by atoms with Crippen LogP contribution in [-0.2, 0) is 17.9 Å². The lowest BCUT2D eigenvalue weighted by atomic mass is 10.2. The fraction of sp³-hybridized carbons (Fsp3) is 0.421. The molecule has 1 atom stereocenters. The normalized spacial score (nSPS) is 16.1. The van der Waals surface area contributed by atoms with Gasteiger partial charge < -0.3 is 15.1 Å². The van der Waals surface area contributed by atoms with E-state index in [0.29, 0.717) is 6.54 Å². The van der Waals surface area contributed by atoms with Crippen LogP contribution in [0.1, 0.15) is 23.3 Å².